The summed E-state index contributed by atoms with van der Waals surface area (Å²) in [5.74, 6) is 0.686. The Balaban J connectivity index is 1.62. The van der Waals surface area contributed by atoms with Crippen LogP contribution in [0.15, 0.2) is 60.9 Å². The van der Waals surface area contributed by atoms with Crippen LogP contribution in [0, 0.1) is 0 Å². The van der Waals surface area contributed by atoms with Crippen LogP contribution in [0.4, 0.5) is 22.9 Å². The molecule has 0 saturated carbocycles. The number of carbonyl (C=O) groups is 2. The first-order valence-electron chi connectivity index (χ1n) is 8.45. The first-order valence-corrected chi connectivity index (χ1v) is 8.45. The van der Waals surface area contributed by atoms with E-state index in [1.807, 2.05) is 24.3 Å². The van der Waals surface area contributed by atoms with Crippen molar-refractivity contribution in [2.24, 2.45) is 0 Å². The molecule has 0 radical (unpaired) electrons. The van der Waals surface area contributed by atoms with Crippen LogP contribution in [0.25, 0.3) is 0 Å². The summed E-state index contributed by atoms with van der Waals surface area (Å²) in [7, 11) is 1.60. The van der Waals surface area contributed by atoms with Gasteiger partial charge < -0.3 is 20.7 Å². The molecular formula is C20H19N5O3. The number of aromatic nitrogens is 2. The normalized spacial score (nSPS) is 10.1. The molecule has 2 aromatic carbocycles. The lowest BCUT2D eigenvalue weighted by Gasteiger charge is -2.08. The van der Waals surface area contributed by atoms with Gasteiger partial charge in [0.15, 0.2) is 0 Å². The van der Waals surface area contributed by atoms with E-state index in [-0.39, 0.29) is 17.5 Å². The average Bonchev–Trinajstić information content (AvgIpc) is 2.70. The van der Waals surface area contributed by atoms with Crippen molar-refractivity contribution in [2.45, 2.75) is 6.92 Å². The van der Waals surface area contributed by atoms with E-state index >= 15 is 0 Å². The van der Waals surface area contributed by atoms with Crippen LogP contribution in [-0.4, -0.2) is 28.9 Å². The van der Waals surface area contributed by atoms with Gasteiger partial charge in [0.1, 0.15) is 17.3 Å². The molecule has 0 saturated heterocycles. The van der Waals surface area contributed by atoms with E-state index in [9.17, 15) is 9.59 Å². The van der Waals surface area contributed by atoms with Gasteiger partial charge in [-0.15, -0.1) is 0 Å². The molecule has 8 heteroatoms. The van der Waals surface area contributed by atoms with E-state index in [0.29, 0.717) is 17.2 Å². The first kappa shape index (κ1) is 18.8. The van der Waals surface area contributed by atoms with Gasteiger partial charge in [-0.1, -0.05) is 6.07 Å². The number of amides is 2. The largest absolute Gasteiger partial charge is 0.497 e. The zero-order valence-electron chi connectivity index (χ0n) is 15.4. The van der Waals surface area contributed by atoms with Gasteiger partial charge in [-0.05, 0) is 36.4 Å². The molecule has 0 atom stereocenters. The van der Waals surface area contributed by atoms with Gasteiger partial charge in [0.05, 0.1) is 19.5 Å². The number of carbonyl (C=O) groups excluding carboxylic acids is 2. The Kier molecular flexibility index (Phi) is 5.81. The summed E-state index contributed by atoms with van der Waals surface area (Å²) in [6.45, 7) is 1.43. The molecule has 3 rings (SSSR count). The molecule has 0 unspecified atom stereocenters. The molecule has 1 aromatic heterocycles. The third-order valence-electron chi connectivity index (χ3n) is 3.69. The second kappa shape index (κ2) is 8.63. The lowest BCUT2D eigenvalue weighted by atomic mass is 10.2. The quantitative estimate of drug-likeness (QED) is 0.608. The maximum absolute atomic E-state index is 12.3. The van der Waals surface area contributed by atoms with Gasteiger partial charge >= 0.3 is 0 Å². The van der Waals surface area contributed by atoms with Gasteiger partial charge in [0, 0.05) is 30.1 Å². The van der Waals surface area contributed by atoms with E-state index in [1.54, 1.807) is 31.4 Å². The number of ether oxygens (including phenoxy) is 1. The summed E-state index contributed by atoms with van der Waals surface area (Å²) in [6.07, 6.45) is 2.87. The number of hydrogen-bond donors (Lipinski definition) is 3. The predicted molar refractivity (Wildman–Crippen MR) is 107 cm³/mol. The standard InChI is InChI=1S/C20H19N5O3/c1-13(26)23-14-6-8-15(9-7-14)25-20(27)18-11-22-19(12-21-18)24-16-4-3-5-17(10-16)28-2/h3-12H,1-2H3,(H,22,24)(H,23,26)(H,25,27). The zero-order valence-corrected chi connectivity index (χ0v) is 15.4. The third kappa shape index (κ3) is 5.04. The molecule has 8 nitrogen and oxygen atoms in total. The van der Waals surface area contributed by atoms with Crippen LogP contribution < -0.4 is 20.7 Å². The summed E-state index contributed by atoms with van der Waals surface area (Å²) >= 11 is 0. The highest BCUT2D eigenvalue weighted by molar-refractivity contribution is 6.02. The molecule has 0 aliphatic heterocycles. The zero-order chi connectivity index (χ0) is 19.9. The fourth-order valence-corrected chi connectivity index (χ4v) is 2.39. The second-order valence-electron chi connectivity index (χ2n) is 5.86. The molecule has 3 aromatic rings. The molecular weight excluding hydrogens is 358 g/mol. The number of benzene rings is 2. The highest BCUT2D eigenvalue weighted by Crippen LogP contribution is 2.20. The molecule has 0 bridgehead atoms. The van der Waals surface area contributed by atoms with Crippen molar-refractivity contribution in [2.75, 3.05) is 23.1 Å². The van der Waals surface area contributed by atoms with Gasteiger partial charge in [-0.3, -0.25) is 9.59 Å². The minimum atomic E-state index is -0.382. The molecule has 0 spiro atoms. The van der Waals surface area contributed by atoms with E-state index in [2.05, 4.69) is 25.9 Å². The number of anilines is 4. The van der Waals surface area contributed by atoms with Gasteiger partial charge in [0.25, 0.3) is 5.91 Å². The third-order valence-corrected chi connectivity index (χ3v) is 3.69. The first-order chi connectivity index (χ1) is 13.5. The van der Waals surface area contributed by atoms with Crippen LogP contribution in [-0.2, 0) is 4.79 Å². The Morgan fingerprint density at radius 3 is 2.21 bits per heavy atom. The fraction of sp³-hybridized carbons (Fsp3) is 0.100. The van der Waals surface area contributed by atoms with Gasteiger partial charge in [-0.2, -0.15) is 0 Å². The maximum atomic E-state index is 12.3. The Bertz CT molecular complexity index is 972. The van der Waals surface area contributed by atoms with Crippen molar-refractivity contribution in [3.8, 4) is 5.75 Å². The minimum absolute atomic E-state index is 0.158. The number of nitrogens with one attached hydrogen (secondary N) is 3. The summed E-state index contributed by atoms with van der Waals surface area (Å²) in [5.41, 5.74) is 2.21. The van der Waals surface area contributed by atoms with Crippen LogP contribution in [0.1, 0.15) is 17.4 Å². The molecule has 2 amide bonds. The Hall–Kier alpha value is -3.94. The molecule has 0 aliphatic rings. The fourth-order valence-electron chi connectivity index (χ4n) is 2.39. The van der Waals surface area contributed by atoms with Crippen molar-refractivity contribution < 1.29 is 14.3 Å². The summed E-state index contributed by atoms with van der Waals surface area (Å²) in [6, 6.07) is 14.2. The van der Waals surface area contributed by atoms with E-state index < -0.39 is 0 Å². The van der Waals surface area contributed by atoms with Crippen molar-refractivity contribution in [1.29, 1.82) is 0 Å². The predicted octanol–water partition coefficient (Wildman–Crippen LogP) is 3.44. The second-order valence-corrected chi connectivity index (χ2v) is 5.86. The number of nitrogens with zero attached hydrogens (tertiary/aromatic N) is 2. The van der Waals surface area contributed by atoms with Crippen LogP contribution >= 0.6 is 0 Å². The van der Waals surface area contributed by atoms with Gasteiger partial charge in [0.2, 0.25) is 5.91 Å². The topological polar surface area (TPSA) is 105 Å². The number of methoxy groups -OCH3 is 1. The average molecular weight is 377 g/mol. The lowest BCUT2D eigenvalue weighted by molar-refractivity contribution is -0.114. The van der Waals surface area contributed by atoms with E-state index in [4.69, 9.17) is 4.74 Å². The molecule has 0 aliphatic carbocycles. The molecule has 142 valence electrons. The van der Waals surface area contributed by atoms with Gasteiger partial charge in [-0.25, -0.2) is 9.97 Å². The minimum Gasteiger partial charge on any atom is -0.497 e. The van der Waals surface area contributed by atoms with Crippen molar-refractivity contribution in [1.82, 2.24) is 9.97 Å². The van der Waals surface area contributed by atoms with E-state index in [0.717, 1.165) is 11.4 Å². The van der Waals surface area contributed by atoms with Crippen molar-refractivity contribution >= 4 is 34.7 Å². The molecule has 1 heterocycles. The summed E-state index contributed by atoms with van der Waals surface area (Å²) in [5, 5.41) is 8.49. The molecule has 28 heavy (non-hydrogen) atoms. The number of hydrogen-bond acceptors (Lipinski definition) is 6. The van der Waals surface area contributed by atoms with E-state index in [1.165, 1.54) is 19.3 Å². The monoisotopic (exact) mass is 377 g/mol. The Morgan fingerprint density at radius 2 is 1.61 bits per heavy atom. The summed E-state index contributed by atoms with van der Waals surface area (Å²) < 4.78 is 5.18. The lowest BCUT2D eigenvalue weighted by Crippen LogP contribution is -2.14. The molecule has 3 N–H and O–H groups in total. The van der Waals surface area contributed by atoms with Crippen LogP contribution in [0.3, 0.4) is 0 Å². The highest BCUT2D eigenvalue weighted by Gasteiger charge is 2.09. The summed E-state index contributed by atoms with van der Waals surface area (Å²) in [4.78, 5) is 31.7. The van der Waals surface area contributed by atoms with Crippen LogP contribution in [0.2, 0.25) is 0 Å². The highest BCUT2D eigenvalue weighted by atomic mass is 16.5. The van der Waals surface area contributed by atoms with Crippen molar-refractivity contribution in [3.05, 3.63) is 66.6 Å². The Morgan fingerprint density at radius 1 is 0.893 bits per heavy atom. The van der Waals surface area contributed by atoms with Crippen LogP contribution in [0.5, 0.6) is 5.75 Å². The Labute approximate surface area is 162 Å². The van der Waals surface area contributed by atoms with Crippen molar-refractivity contribution in [3.63, 3.8) is 0 Å². The SMILES string of the molecule is COc1cccc(Nc2cnc(C(=O)Nc3ccc(NC(C)=O)cc3)cn2)c1. The number of rotatable bonds is 6. The maximum Gasteiger partial charge on any atom is 0.275 e. The smallest absolute Gasteiger partial charge is 0.275 e. The molecule has 0 fully saturated rings.